The Morgan fingerprint density at radius 2 is 1.97 bits per heavy atom. The van der Waals surface area contributed by atoms with Gasteiger partial charge in [0.1, 0.15) is 11.6 Å². The Balaban J connectivity index is 1.47. The Morgan fingerprint density at radius 3 is 2.67 bits per heavy atom. The Morgan fingerprint density at radius 1 is 1.19 bits per heavy atom. The molecule has 3 amide bonds. The van der Waals surface area contributed by atoms with Gasteiger partial charge >= 0.3 is 0 Å². The highest BCUT2D eigenvalue weighted by Crippen LogP contribution is 2.35. The van der Waals surface area contributed by atoms with Crippen molar-refractivity contribution in [3.8, 4) is 11.5 Å². The van der Waals surface area contributed by atoms with E-state index in [4.69, 9.17) is 9.47 Å². The second-order valence-electron chi connectivity index (χ2n) is 8.82. The summed E-state index contributed by atoms with van der Waals surface area (Å²) in [4.78, 5) is 52.9. The monoisotopic (exact) mass is 516 g/mol. The molecule has 3 heterocycles. The van der Waals surface area contributed by atoms with Crippen LogP contribution in [0.2, 0.25) is 0 Å². The molecule has 2 aliphatic heterocycles. The summed E-state index contributed by atoms with van der Waals surface area (Å²) < 4.78 is 12.7. The number of pyridine rings is 1. The molecule has 0 spiro atoms. The number of fused-ring (bicyclic) bond motifs is 2. The Kier molecular flexibility index (Phi) is 8.40. The first kappa shape index (κ1) is 25.9. The molecule has 10 nitrogen and oxygen atoms in total. The van der Waals surface area contributed by atoms with Crippen LogP contribution in [0.5, 0.6) is 11.5 Å². The van der Waals surface area contributed by atoms with Gasteiger partial charge in [0.15, 0.2) is 11.5 Å². The lowest BCUT2D eigenvalue weighted by Crippen LogP contribution is -2.48. The van der Waals surface area contributed by atoms with Crippen LogP contribution in [-0.4, -0.2) is 71.7 Å². The highest BCUT2D eigenvalue weighted by atomic mass is 32.2. The summed E-state index contributed by atoms with van der Waals surface area (Å²) in [6.45, 7) is 4.31. The van der Waals surface area contributed by atoms with Gasteiger partial charge in [-0.15, -0.1) is 0 Å². The molecule has 1 saturated heterocycles. The van der Waals surface area contributed by atoms with Crippen LogP contribution >= 0.6 is 11.8 Å². The lowest BCUT2D eigenvalue weighted by molar-refractivity contribution is -0.127. The predicted molar refractivity (Wildman–Crippen MR) is 138 cm³/mol. The molecule has 1 unspecified atom stereocenters. The minimum Gasteiger partial charge on any atom is -0.454 e. The van der Waals surface area contributed by atoms with E-state index in [9.17, 15) is 19.2 Å². The number of hydrogen-bond donors (Lipinski definition) is 2. The number of carbonyl (C=O) groups excluding carboxylic acids is 3. The largest absolute Gasteiger partial charge is 0.454 e. The summed E-state index contributed by atoms with van der Waals surface area (Å²) >= 11 is 1.57. The van der Waals surface area contributed by atoms with Crippen molar-refractivity contribution in [3.05, 3.63) is 34.1 Å². The number of carbonyl (C=O) groups is 3. The number of rotatable bonds is 11. The van der Waals surface area contributed by atoms with E-state index in [0.29, 0.717) is 67.1 Å². The number of aryl methyl sites for hydroxylation is 1. The van der Waals surface area contributed by atoms with Crippen LogP contribution in [0.4, 0.5) is 0 Å². The molecule has 2 aliphatic rings. The number of amides is 3. The van der Waals surface area contributed by atoms with Crippen molar-refractivity contribution in [3.63, 3.8) is 0 Å². The number of ether oxygens (including phenoxy) is 2. The van der Waals surface area contributed by atoms with Gasteiger partial charge in [0.2, 0.25) is 24.0 Å². The van der Waals surface area contributed by atoms with E-state index in [0.717, 1.165) is 13.0 Å². The molecule has 194 valence electrons. The second-order valence-corrected chi connectivity index (χ2v) is 9.80. The lowest BCUT2D eigenvalue weighted by atomic mass is 10.1. The molecular formula is C25H32N4O6S. The first-order chi connectivity index (χ1) is 17.4. The van der Waals surface area contributed by atoms with E-state index >= 15 is 0 Å². The maximum atomic E-state index is 13.3. The average Bonchev–Trinajstić information content (AvgIpc) is 3.51. The molecule has 1 fully saturated rings. The van der Waals surface area contributed by atoms with Gasteiger partial charge in [-0.25, -0.2) is 0 Å². The average molecular weight is 517 g/mol. The van der Waals surface area contributed by atoms with Crippen molar-refractivity contribution in [2.75, 3.05) is 38.4 Å². The van der Waals surface area contributed by atoms with Crippen molar-refractivity contribution in [1.29, 1.82) is 0 Å². The molecule has 0 aliphatic carbocycles. The SMILES string of the molecule is CCn1cc(C(=O)NC(CCSC)C(=O)NCCCN2CCCC2=O)c(=O)c2cc3c(cc21)OCO3. The summed E-state index contributed by atoms with van der Waals surface area (Å²) in [6.07, 6.45) is 6.00. The van der Waals surface area contributed by atoms with E-state index in [2.05, 4.69) is 10.6 Å². The van der Waals surface area contributed by atoms with E-state index in [1.165, 1.54) is 6.20 Å². The molecule has 36 heavy (non-hydrogen) atoms. The molecular weight excluding hydrogens is 484 g/mol. The summed E-state index contributed by atoms with van der Waals surface area (Å²) in [7, 11) is 0. The number of likely N-dealkylation sites (tertiary alicyclic amines) is 1. The van der Waals surface area contributed by atoms with Crippen LogP contribution < -0.4 is 25.5 Å². The highest BCUT2D eigenvalue weighted by molar-refractivity contribution is 7.98. The van der Waals surface area contributed by atoms with Crippen LogP contribution in [0.15, 0.2) is 23.1 Å². The molecule has 0 bridgehead atoms. The quantitative estimate of drug-likeness (QED) is 0.437. The van der Waals surface area contributed by atoms with Crippen LogP contribution in [0.25, 0.3) is 10.9 Å². The Hall–Kier alpha value is -3.21. The topological polar surface area (TPSA) is 119 Å². The Bertz CT molecular complexity index is 1210. The minimum absolute atomic E-state index is 0.0299. The summed E-state index contributed by atoms with van der Waals surface area (Å²) in [5.41, 5.74) is 0.193. The van der Waals surface area contributed by atoms with E-state index in [1.807, 2.05) is 22.6 Å². The van der Waals surface area contributed by atoms with Gasteiger partial charge in [-0.1, -0.05) is 0 Å². The zero-order chi connectivity index (χ0) is 25.7. The van der Waals surface area contributed by atoms with Gasteiger partial charge in [-0.05, 0) is 44.3 Å². The second kappa shape index (κ2) is 11.7. The first-order valence-electron chi connectivity index (χ1n) is 12.2. The molecule has 4 rings (SSSR count). The summed E-state index contributed by atoms with van der Waals surface area (Å²) in [5, 5.41) is 5.99. The standard InChI is InChI=1S/C25H32N4O6S/c1-3-28-14-17(23(31)16-12-20-21(13-19(16)28)35-15-34-20)24(32)27-18(7-11-36-2)25(33)26-8-5-10-29-9-4-6-22(29)30/h12-14,18H,3-11,15H2,1-2H3,(H,26,33)(H,27,32). The third-order valence-electron chi connectivity index (χ3n) is 6.47. The van der Waals surface area contributed by atoms with Gasteiger partial charge in [-0.2, -0.15) is 11.8 Å². The fraction of sp³-hybridized carbons (Fsp3) is 0.520. The smallest absolute Gasteiger partial charge is 0.257 e. The molecule has 1 atom stereocenters. The van der Waals surface area contributed by atoms with Gasteiger partial charge in [0.25, 0.3) is 5.91 Å². The third-order valence-corrected chi connectivity index (χ3v) is 7.11. The first-order valence-corrected chi connectivity index (χ1v) is 13.6. The molecule has 11 heteroatoms. The van der Waals surface area contributed by atoms with Crippen LogP contribution in [-0.2, 0) is 16.1 Å². The highest BCUT2D eigenvalue weighted by Gasteiger charge is 2.25. The maximum Gasteiger partial charge on any atom is 0.257 e. The molecule has 0 radical (unpaired) electrons. The van der Waals surface area contributed by atoms with Gasteiger partial charge < -0.3 is 29.6 Å². The van der Waals surface area contributed by atoms with Crippen LogP contribution in [0, 0.1) is 0 Å². The van der Waals surface area contributed by atoms with Crippen molar-refractivity contribution in [2.24, 2.45) is 0 Å². The predicted octanol–water partition coefficient (Wildman–Crippen LogP) is 1.73. The molecule has 2 N–H and O–H groups in total. The van der Waals surface area contributed by atoms with Crippen molar-refractivity contribution >= 4 is 40.4 Å². The molecule has 0 saturated carbocycles. The number of benzene rings is 1. The van der Waals surface area contributed by atoms with Crippen molar-refractivity contribution in [1.82, 2.24) is 20.1 Å². The number of nitrogens with zero attached hydrogens (tertiary/aromatic N) is 2. The minimum atomic E-state index is -0.778. The van der Waals surface area contributed by atoms with Gasteiger partial charge in [-0.3, -0.25) is 19.2 Å². The summed E-state index contributed by atoms with van der Waals surface area (Å²) in [6, 6.07) is 2.57. The fourth-order valence-electron chi connectivity index (χ4n) is 4.49. The van der Waals surface area contributed by atoms with E-state index < -0.39 is 17.4 Å². The van der Waals surface area contributed by atoms with Crippen LogP contribution in [0.3, 0.4) is 0 Å². The van der Waals surface area contributed by atoms with Gasteiger partial charge in [0.05, 0.1) is 10.9 Å². The molecule has 2 aromatic rings. The number of nitrogens with one attached hydrogen (secondary N) is 2. The molecule has 1 aromatic heterocycles. The molecule has 1 aromatic carbocycles. The van der Waals surface area contributed by atoms with Gasteiger partial charge in [0, 0.05) is 44.9 Å². The number of thioether (sulfide) groups is 1. The fourth-order valence-corrected chi connectivity index (χ4v) is 4.96. The summed E-state index contributed by atoms with van der Waals surface area (Å²) in [5.74, 6) is 0.956. The zero-order valence-corrected chi connectivity index (χ0v) is 21.4. The third kappa shape index (κ3) is 5.61. The van der Waals surface area contributed by atoms with Crippen molar-refractivity contribution < 1.29 is 23.9 Å². The zero-order valence-electron chi connectivity index (χ0n) is 20.6. The lowest BCUT2D eigenvalue weighted by Gasteiger charge is -2.20. The maximum absolute atomic E-state index is 13.3. The Labute approximate surface area is 213 Å². The number of aromatic nitrogens is 1. The van der Waals surface area contributed by atoms with Crippen molar-refractivity contribution in [2.45, 2.75) is 45.2 Å². The van der Waals surface area contributed by atoms with Crippen LogP contribution in [0.1, 0.15) is 43.0 Å². The van der Waals surface area contributed by atoms with E-state index in [-0.39, 0.29) is 24.2 Å². The number of hydrogen-bond acceptors (Lipinski definition) is 7. The van der Waals surface area contributed by atoms with E-state index in [1.54, 1.807) is 23.9 Å². The normalized spacial score (nSPS) is 15.4.